The van der Waals surface area contributed by atoms with Crippen LogP contribution in [0.15, 0.2) is 17.4 Å². The maximum Gasteiger partial charge on any atom is 0.308 e. The summed E-state index contributed by atoms with van der Waals surface area (Å²) in [5.41, 5.74) is -0.690. The topological polar surface area (TPSA) is 158 Å². The molecule has 2 aromatic rings. The molecule has 1 saturated heterocycles. The van der Waals surface area contributed by atoms with Crippen LogP contribution in [0.2, 0.25) is 0 Å². The van der Waals surface area contributed by atoms with Gasteiger partial charge in [0.15, 0.2) is 33.7 Å². The molecule has 1 aliphatic rings. The molecule has 1 aliphatic heterocycles. The number of hydrogen-bond donors (Lipinski definition) is 0. The van der Waals surface area contributed by atoms with Gasteiger partial charge >= 0.3 is 17.9 Å². The van der Waals surface area contributed by atoms with Crippen molar-refractivity contribution in [2.24, 2.45) is 22.7 Å². The van der Waals surface area contributed by atoms with Gasteiger partial charge in [-0.1, -0.05) is 47.0 Å². The molecule has 0 radical (unpaired) electrons. The van der Waals surface area contributed by atoms with Crippen LogP contribution in [0.1, 0.15) is 47.2 Å². The first-order chi connectivity index (χ1) is 20.0. The monoisotopic (exact) mass is 592 g/mol. The quantitative estimate of drug-likeness (QED) is 0.105. The molecule has 2 aromatic heterocycles. The Labute approximate surface area is 254 Å². The molecule has 4 atom stereocenters. The highest BCUT2D eigenvalue weighted by Crippen LogP contribution is 2.46. The van der Waals surface area contributed by atoms with Crippen LogP contribution < -0.4 is 5.46 Å². The number of hydrogen-bond acceptors (Lipinski definition) is 11. The molecule has 0 aromatic carbocycles. The number of rotatable bonds is 10. The van der Waals surface area contributed by atoms with E-state index in [2.05, 4.69) is 21.1 Å². The van der Waals surface area contributed by atoms with Gasteiger partial charge < -0.3 is 23.8 Å². The van der Waals surface area contributed by atoms with Crippen molar-refractivity contribution in [3.8, 4) is 6.07 Å². The average Bonchev–Trinajstić information content (AvgIpc) is 3.43. The van der Waals surface area contributed by atoms with Crippen LogP contribution in [0.3, 0.4) is 0 Å². The van der Waals surface area contributed by atoms with Gasteiger partial charge in [-0.3, -0.25) is 14.4 Å². The van der Waals surface area contributed by atoms with Crippen LogP contribution >= 0.6 is 0 Å². The van der Waals surface area contributed by atoms with E-state index in [1.165, 1.54) is 10.8 Å². The minimum Gasteiger partial charge on any atom is -0.475 e. The lowest BCUT2D eigenvalue weighted by atomic mass is 9.60. The van der Waals surface area contributed by atoms with Crippen LogP contribution in [0.5, 0.6) is 0 Å². The van der Waals surface area contributed by atoms with Crippen molar-refractivity contribution in [3.63, 3.8) is 0 Å². The highest BCUT2D eigenvalue weighted by atomic mass is 16.7. The Morgan fingerprint density at radius 3 is 2.23 bits per heavy atom. The lowest BCUT2D eigenvalue weighted by Crippen LogP contribution is -2.55. The zero-order valence-electron chi connectivity index (χ0n) is 26.7. The van der Waals surface area contributed by atoms with Gasteiger partial charge in [-0.2, -0.15) is 10.4 Å². The van der Waals surface area contributed by atoms with Gasteiger partial charge in [0.25, 0.3) is 0 Å². The van der Waals surface area contributed by atoms with Gasteiger partial charge in [-0.15, -0.1) is 0 Å². The molecule has 0 saturated carbocycles. The third kappa shape index (κ3) is 6.72. The third-order valence-corrected chi connectivity index (χ3v) is 6.95. The lowest BCUT2D eigenvalue weighted by molar-refractivity contribution is -0.175. The predicted molar refractivity (Wildman–Crippen MR) is 165 cm³/mol. The van der Waals surface area contributed by atoms with E-state index in [0.29, 0.717) is 16.8 Å². The van der Waals surface area contributed by atoms with Crippen molar-refractivity contribution >= 4 is 64.6 Å². The first kappa shape index (κ1) is 33.6. The predicted octanol–water partition coefficient (Wildman–Crippen LogP) is -1.42. The Bertz CT molecular complexity index is 1450. The first-order valence-corrected chi connectivity index (χ1v) is 14.2. The molecule has 0 N–H and O–H groups in total. The highest BCUT2D eigenvalue weighted by molar-refractivity contribution is 6.40. The smallest absolute Gasteiger partial charge is 0.308 e. The number of fused-ring (bicyclic) bond motifs is 1. The molecule has 3 rings (SSSR count). The Kier molecular flexibility index (Phi) is 10.0. The number of ether oxygens (including phenoxy) is 4. The fourth-order valence-electron chi connectivity index (χ4n) is 4.59. The number of esters is 3. The van der Waals surface area contributed by atoms with Crippen molar-refractivity contribution in [3.05, 3.63) is 18.1 Å². The second-order valence-corrected chi connectivity index (χ2v) is 12.4. The maximum atomic E-state index is 13.1. The fourth-order valence-corrected chi connectivity index (χ4v) is 4.59. The van der Waals surface area contributed by atoms with Crippen LogP contribution in [0.4, 0.5) is 5.82 Å². The molecule has 16 heteroatoms. The Morgan fingerprint density at radius 2 is 1.70 bits per heavy atom. The van der Waals surface area contributed by atoms with E-state index in [9.17, 15) is 19.6 Å². The van der Waals surface area contributed by atoms with E-state index in [1.54, 1.807) is 82.4 Å². The van der Waals surface area contributed by atoms with Crippen LogP contribution in [-0.2, 0) is 38.9 Å². The summed E-state index contributed by atoms with van der Waals surface area (Å²) >= 11 is 0. The summed E-state index contributed by atoms with van der Waals surface area (Å²) in [6.45, 7) is 9.96. The van der Waals surface area contributed by atoms with E-state index < -0.39 is 65.0 Å². The number of nitriles is 1. The molecule has 0 spiro atoms. The molecule has 1 fully saturated rings. The van der Waals surface area contributed by atoms with E-state index >= 15 is 0 Å². The summed E-state index contributed by atoms with van der Waals surface area (Å²) < 4.78 is 25.8. The van der Waals surface area contributed by atoms with Crippen molar-refractivity contribution in [1.82, 2.24) is 19.5 Å². The molecule has 13 nitrogen and oxygen atoms in total. The second kappa shape index (κ2) is 12.8. The van der Waals surface area contributed by atoms with E-state index in [1.807, 2.05) is 14.1 Å². The maximum absolute atomic E-state index is 13.1. The second-order valence-electron chi connectivity index (χ2n) is 12.4. The third-order valence-electron chi connectivity index (χ3n) is 6.95. The molecular formula is C27H39B3N6O7. The molecular weight excluding hydrogens is 553 g/mol. The van der Waals surface area contributed by atoms with Crippen molar-refractivity contribution in [2.45, 2.75) is 70.9 Å². The summed E-state index contributed by atoms with van der Waals surface area (Å²) in [6.07, 6.45) is -1.14. The van der Waals surface area contributed by atoms with Crippen LogP contribution in [-0.4, -0.2) is 105 Å². The lowest BCUT2D eigenvalue weighted by Gasteiger charge is -2.35. The molecule has 3 heterocycles. The molecule has 0 aliphatic carbocycles. The van der Waals surface area contributed by atoms with E-state index in [0.717, 1.165) is 0 Å². The largest absolute Gasteiger partial charge is 0.475 e. The number of nitrogens with zero attached hydrogens (tertiary/aromatic N) is 6. The van der Waals surface area contributed by atoms with Crippen molar-refractivity contribution in [2.75, 3.05) is 14.1 Å². The fraction of sp³-hybridized carbons (Fsp3) is 0.593. The standard InChI is InChI=1S/C27H39B3N6O7/c1-13(2)23(37)40-19-20(41-24(38)14(3)4)26(10-31,42-21(19)27(29,30)43-25(39)15(5)6)17-9-16(28)18-22(33-12-35(7)8)32-11-34-36(17)18/h9,11-15,19-21H,28-30H2,1-8H3/b33-12-/t19-,20+,21?,26-/m0/s1. The van der Waals surface area contributed by atoms with Crippen LogP contribution in [0, 0.1) is 29.1 Å². The van der Waals surface area contributed by atoms with Gasteiger partial charge in [0.05, 0.1) is 35.2 Å². The molecule has 1 unspecified atom stereocenters. The number of aromatic nitrogens is 3. The molecule has 228 valence electrons. The summed E-state index contributed by atoms with van der Waals surface area (Å²) in [5.74, 6) is -3.04. The number of aliphatic imine (C=N–C) groups is 1. The van der Waals surface area contributed by atoms with Gasteiger partial charge in [-0.05, 0) is 6.07 Å². The van der Waals surface area contributed by atoms with Crippen molar-refractivity contribution < 1.29 is 33.3 Å². The minimum absolute atomic E-state index is 0.201. The minimum atomic E-state index is -2.05. The van der Waals surface area contributed by atoms with E-state index in [4.69, 9.17) is 18.9 Å². The Morgan fingerprint density at radius 1 is 1.12 bits per heavy atom. The number of carbonyl (C=O) groups excluding carboxylic acids is 3. The van der Waals surface area contributed by atoms with E-state index in [-0.39, 0.29) is 5.69 Å². The molecule has 43 heavy (non-hydrogen) atoms. The Balaban J connectivity index is 2.34. The van der Waals surface area contributed by atoms with Gasteiger partial charge in [0.2, 0.25) is 5.60 Å². The van der Waals surface area contributed by atoms with Gasteiger partial charge in [0, 0.05) is 14.1 Å². The molecule has 0 bridgehead atoms. The highest BCUT2D eigenvalue weighted by Gasteiger charge is 2.66. The Hall–Kier alpha value is -3.86. The first-order valence-electron chi connectivity index (χ1n) is 14.2. The van der Waals surface area contributed by atoms with Crippen LogP contribution in [0.25, 0.3) is 5.52 Å². The number of carbonyl (C=O) groups is 3. The van der Waals surface area contributed by atoms with Gasteiger partial charge in [0.1, 0.15) is 31.9 Å². The zero-order valence-corrected chi connectivity index (χ0v) is 26.7. The molecule has 0 amide bonds. The SMILES string of the molecule is Bc1cc([C@]2(C#N)OC(C(B)(B)OC(=O)C(C)C)[C@@H](OC(=O)C(C)C)[C@H]2OC(=O)C(C)C)n2ncnc(/N=C\N(C)C)c12. The normalized spacial score (nSPS) is 22.3. The summed E-state index contributed by atoms with van der Waals surface area (Å²) in [6, 6.07) is 3.89. The average molecular weight is 592 g/mol. The summed E-state index contributed by atoms with van der Waals surface area (Å²) in [7, 11) is 8.63. The summed E-state index contributed by atoms with van der Waals surface area (Å²) in [4.78, 5) is 49.4. The van der Waals surface area contributed by atoms with Crippen molar-refractivity contribution in [1.29, 1.82) is 5.26 Å². The zero-order chi connectivity index (χ0) is 32.4. The summed E-state index contributed by atoms with van der Waals surface area (Å²) in [5, 5.41) is 13.9. The van der Waals surface area contributed by atoms with Gasteiger partial charge in [-0.25, -0.2) is 14.5 Å².